The summed E-state index contributed by atoms with van der Waals surface area (Å²) >= 11 is 1.78. The van der Waals surface area contributed by atoms with Gasteiger partial charge in [-0.2, -0.15) is 0 Å². The summed E-state index contributed by atoms with van der Waals surface area (Å²) in [5, 5.41) is 1.20. The van der Waals surface area contributed by atoms with E-state index in [0.717, 1.165) is 6.54 Å². The Labute approximate surface area is 118 Å². The van der Waals surface area contributed by atoms with E-state index >= 15 is 0 Å². The molecule has 0 saturated heterocycles. The highest BCUT2D eigenvalue weighted by molar-refractivity contribution is 7.98. The van der Waals surface area contributed by atoms with Crippen LogP contribution in [0, 0.1) is 13.0 Å². The van der Waals surface area contributed by atoms with Crippen molar-refractivity contribution in [2.75, 3.05) is 6.26 Å². The first-order chi connectivity index (χ1) is 9.28. The Bertz CT molecular complexity index is 695. The van der Waals surface area contributed by atoms with Crippen LogP contribution in [0.2, 0.25) is 0 Å². The van der Waals surface area contributed by atoms with Gasteiger partial charge >= 0.3 is 0 Å². The molecule has 1 heterocycles. The second-order valence-corrected chi connectivity index (χ2v) is 5.54. The summed E-state index contributed by atoms with van der Waals surface area (Å²) in [6.07, 6.45) is 2.10. The number of benzene rings is 2. The van der Waals surface area contributed by atoms with E-state index in [9.17, 15) is 0 Å². The average Bonchev–Trinajstić information content (AvgIpc) is 2.76. The largest absolute Gasteiger partial charge is 0.340 e. The molecule has 3 rings (SSSR count). The fourth-order valence-corrected chi connectivity index (χ4v) is 2.78. The van der Waals surface area contributed by atoms with Crippen LogP contribution in [0.25, 0.3) is 10.9 Å². The van der Waals surface area contributed by atoms with Gasteiger partial charge in [0.05, 0.1) is 0 Å². The molecule has 0 aliphatic carbocycles. The molecular weight excluding hydrogens is 250 g/mol. The number of thioether (sulfide) groups is 1. The van der Waals surface area contributed by atoms with Crippen molar-refractivity contribution in [2.24, 2.45) is 0 Å². The maximum atomic E-state index is 3.43. The highest BCUT2D eigenvalue weighted by atomic mass is 32.2. The minimum Gasteiger partial charge on any atom is -0.340 e. The zero-order chi connectivity index (χ0) is 13.2. The van der Waals surface area contributed by atoms with Gasteiger partial charge in [0.25, 0.3) is 0 Å². The van der Waals surface area contributed by atoms with Crippen LogP contribution in [0.1, 0.15) is 11.3 Å². The molecule has 0 bridgehead atoms. The molecule has 0 saturated carbocycles. The maximum absolute atomic E-state index is 3.43. The van der Waals surface area contributed by atoms with Crippen LogP contribution in [-0.4, -0.2) is 10.8 Å². The quantitative estimate of drug-likeness (QED) is 0.631. The van der Waals surface area contributed by atoms with Crippen molar-refractivity contribution in [3.8, 4) is 0 Å². The monoisotopic (exact) mass is 266 g/mol. The van der Waals surface area contributed by atoms with Gasteiger partial charge in [-0.3, -0.25) is 0 Å². The molecule has 0 atom stereocenters. The average molecular weight is 266 g/mol. The molecule has 2 aromatic carbocycles. The molecule has 0 aliphatic heterocycles. The first-order valence-corrected chi connectivity index (χ1v) is 7.60. The molecule has 0 unspecified atom stereocenters. The third kappa shape index (κ3) is 2.41. The van der Waals surface area contributed by atoms with Crippen LogP contribution in [0.4, 0.5) is 0 Å². The first kappa shape index (κ1) is 12.4. The number of aromatic nitrogens is 1. The predicted molar refractivity (Wildman–Crippen MR) is 82.8 cm³/mol. The zero-order valence-corrected chi connectivity index (χ0v) is 12.0. The molecule has 0 N–H and O–H groups in total. The number of hydrogen-bond acceptors (Lipinski definition) is 1. The van der Waals surface area contributed by atoms with Gasteiger partial charge in [-0.05, 0) is 36.9 Å². The van der Waals surface area contributed by atoms with Crippen molar-refractivity contribution in [3.63, 3.8) is 0 Å². The summed E-state index contributed by atoms with van der Waals surface area (Å²) in [6.45, 7) is 3.03. The van der Waals surface area contributed by atoms with Crippen molar-refractivity contribution < 1.29 is 0 Å². The van der Waals surface area contributed by atoms with Crippen molar-refractivity contribution in [1.29, 1.82) is 0 Å². The zero-order valence-electron chi connectivity index (χ0n) is 11.2. The Hall–Kier alpha value is -1.67. The van der Waals surface area contributed by atoms with Gasteiger partial charge in [0.2, 0.25) is 0 Å². The normalized spacial score (nSPS) is 11.1. The molecule has 19 heavy (non-hydrogen) atoms. The van der Waals surface area contributed by atoms with Gasteiger partial charge in [0, 0.05) is 34.1 Å². The van der Waals surface area contributed by atoms with E-state index in [1.807, 2.05) is 0 Å². The van der Waals surface area contributed by atoms with E-state index in [1.54, 1.807) is 11.8 Å². The van der Waals surface area contributed by atoms with Crippen LogP contribution in [0.15, 0.2) is 53.4 Å². The second kappa shape index (κ2) is 5.14. The van der Waals surface area contributed by atoms with Gasteiger partial charge in [0.15, 0.2) is 0 Å². The van der Waals surface area contributed by atoms with Gasteiger partial charge in [-0.25, -0.2) is 0 Å². The Morgan fingerprint density at radius 2 is 1.79 bits per heavy atom. The third-order valence-corrected chi connectivity index (χ3v) is 4.16. The summed E-state index contributed by atoms with van der Waals surface area (Å²) in [4.78, 5) is 1.31. The lowest BCUT2D eigenvalue weighted by Gasteiger charge is -2.09. The molecule has 1 nitrogen and oxygen atoms in total. The van der Waals surface area contributed by atoms with Gasteiger partial charge in [-0.1, -0.05) is 30.3 Å². The number of fused-ring (bicyclic) bond motifs is 1. The number of aryl methyl sites for hydroxylation is 1. The second-order valence-electron chi connectivity index (χ2n) is 4.66. The van der Waals surface area contributed by atoms with Gasteiger partial charge in [-0.15, -0.1) is 11.8 Å². The smallest absolute Gasteiger partial charge is 0.0492 e. The van der Waals surface area contributed by atoms with Gasteiger partial charge in [0.1, 0.15) is 0 Å². The third-order valence-electron chi connectivity index (χ3n) is 3.42. The fourth-order valence-electron chi connectivity index (χ4n) is 2.38. The van der Waals surface area contributed by atoms with Crippen LogP contribution in [0.3, 0.4) is 0 Å². The molecule has 95 valence electrons. The molecule has 1 radical (unpaired) electrons. The number of para-hydroxylation sites is 1. The Morgan fingerprint density at radius 1 is 1.05 bits per heavy atom. The summed E-state index contributed by atoms with van der Waals surface area (Å²) in [7, 11) is 0. The summed E-state index contributed by atoms with van der Waals surface area (Å²) in [5.41, 5.74) is 3.78. The van der Waals surface area contributed by atoms with Crippen LogP contribution < -0.4 is 0 Å². The maximum Gasteiger partial charge on any atom is 0.0492 e. The standard InChI is InChI=1S/C17H16NS/c1-13-11-15-5-3-4-6-17(15)18(13)12-14-7-9-16(19-2)10-8-14/h3-10H,12H2,1-2H3. The lowest BCUT2D eigenvalue weighted by molar-refractivity contribution is 0.803. The van der Waals surface area contributed by atoms with Gasteiger partial charge < -0.3 is 4.57 Å². The van der Waals surface area contributed by atoms with E-state index in [-0.39, 0.29) is 0 Å². The SMILES string of the molecule is CSc1ccc(Cn2c(C)[c]c3ccccc32)cc1. The van der Waals surface area contributed by atoms with Crippen molar-refractivity contribution >= 4 is 22.7 Å². The van der Waals surface area contributed by atoms with E-state index in [2.05, 4.69) is 72.3 Å². The molecule has 0 spiro atoms. The molecule has 1 aromatic heterocycles. The lowest BCUT2D eigenvalue weighted by atomic mass is 10.2. The van der Waals surface area contributed by atoms with Crippen molar-refractivity contribution in [2.45, 2.75) is 18.4 Å². The minimum atomic E-state index is 0.907. The fraction of sp³-hybridized carbons (Fsp3) is 0.176. The van der Waals surface area contributed by atoms with Crippen LogP contribution in [-0.2, 0) is 6.54 Å². The Balaban J connectivity index is 1.98. The number of hydrogen-bond donors (Lipinski definition) is 0. The molecule has 0 fully saturated rings. The lowest BCUT2D eigenvalue weighted by Crippen LogP contribution is -2.01. The van der Waals surface area contributed by atoms with Crippen molar-refractivity contribution in [1.82, 2.24) is 4.57 Å². The number of nitrogens with zero attached hydrogens (tertiary/aromatic N) is 1. The highest BCUT2D eigenvalue weighted by Crippen LogP contribution is 2.21. The van der Waals surface area contributed by atoms with E-state index in [4.69, 9.17) is 0 Å². The van der Waals surface area contributed by atoms with E-state index < -0.39 is 0 Å². The topological polar surface area (TPSA) is 4.93 Å². The summed E-state index contributed by atoms with van der Waals surface area (Å²) in [5.74, 6) is 0. The van der Waals surface area contributed by atoms with E-state index in [0.29, 0.717) is 0 Å². The van der Waals surface area contributed by atoms with Crippen molar-refractivity contribution in [3.05, 3.63) is 65.9 Å². The first-order valence-electron chi connectivity index (χ1n) is 6.38. The summed E-state index contributed by atoms with van der Waals surface area (Å²) < 4.78 is 2.32. The number of rotatable bonds is 3. The summed E-state index contributed by atoms with van der Waals surface area (Å²) in [6, 6.07) is 20.7. The van der Waals surface area contributed by atoms with Crippen LogP contribution in [0.5, 0.6) is 0 Å². The molecule has 0 aliphatic rings. The van der Waals surface area contributed by atoms with Crippen LogP contribution >= 0.6 is 11.8 Å². The minimum absolute atomic E-state index is 0.907. The molecule has 3 aromatic rings. The molecule has 0 amide bonds. The van der Waals surface area contributed by atoms with E-state index in [1.165, 1.54) is 27.1 Å². The Kier molecular flexibility index (Phi) is 3.34. The Morgan fingerprint density at radius 3 is 2.53 bits per heavy atom. The highest BCUT2D eigenvalue weighted by Gasteiger charge is 2.05. The molecule has 2 heteroatoms. The molecular formula is C17H16NS. The predicted octanol–water partition coefficient (Wildman–Crippen LogP) is 4.52.